The van der Waals surface area contributed by atoms with Crippen LogP contribution < -0.4 is 5.32 Å². The number of likely N-dealkylation sites (tertiary alicyclic amines) is 1. The number of carbonyl (C=O) groups is 1. The normalized spacial score (nSPS) is 23.3. The molecule has 1 N–H and O–H groups in total. The van der Waals surface area contributed by atoms with Crippen LogP contribution in [0, 0.1) is 5.92 Å². The van der Waals surface area contributed by atoms with Crippen LogP contribution in [0.4, 0.5) is 4.79 Å². The van der Waals surface area contributed by atoms with Gasteiger partial charge in [0.25, 0.3) is 0 Å². The summed E-state index contributed by atoms with van der Waals surface area (Å²) >= 11 is 0. The fourth-order valence-corrected chi connectivity index (χ4v) is 2.76. The molecular weight excluding hydrogens is 252 g/mol. The van der Waals surface area contributed by atoms with Gasteiger partial charge in [0.2, 0.25) is 0 Å². The van der Waals surface area contributed by atoms with Gasteiger partial charge in [-0.05, 0) is 24.4 Å². The maximum absolute atomic E-state index is 11.8. The van der Waals surface area contributed by atoms with Crippen LogP contribution in [0.2, 0.25) is 0 Å². The topological polar surface area (TPSA) is 41.6 Å². The Morgan fingerprint density at radius 1 is 1.35 bits per heavy atom. The molecular formula is C16H24N2O2. The second kappa shape index (κ2) is 7.29. The summed E-state index contributed by atoms with van der Waals surface area (Å²) in [7, 11) is 0. The summed E-state index contributed by atoms with van der Waals surface area (Å²) in [6.45, 7) is 7.78. The Balaban J connectivity index is 1.76. The molecule has 1 aliphatic rings. The molecule has 2 unspecified atom stereocenters. The number of hydrogen-bond donors (Lipinski definition) is 1. The Labute approximate surface area is 121 Å². The number of benzene rings is 1. The van der Waals surface area contributed by atoms with Gasteiger partial charge in [-0.1, -0.05) is 44.2 Å². The largest absolute Gasteiger partial charge is 0.445 e. The van der Waals surface area contributed by atoms with Crippen molar-refractivity contribution in [3.8, 4) is 0 Å². The first-order valence-electron chi connectivity index (χ1n) is 7.37. The van der Waals surface area contributed by atoms with Crippen molar-refractivity contribution >= 4 is 6.09 Å². The zero-order chi connectivity index (χ0) is 14.4. The van der Waals surface area contributed by atoms with Crippen LogP contribution >= 0.6 is 0 Å². The number of ether oxygens (including phenoxy) is 1. The molecule has 0 saturated carbocycles. The van der Waals surface area contributed by atoms with Crippen LogP contribution in [0.25, 0.3) is 0 Å². The average Bonchev–Trinajstić information content (AvgIpc) is 2.45. The maximum Gasteiger partial charge on any atom is 0.407 e. The maximum atomic E-state index is 11.8. The lowest BCUT2D eigenvalue weighted by molar-refractivity contribution is 0.115. The number of piperidine rings is 1. The van der Waals surface area contributed by atoms with Crippen molar-refractivity contribution in [1.29, 1.82) is 0 Å². The SMILES string of the molecule is CCN1CC(C)CC(NC(=O)OCc2ccccc2)C1. The van der Waals surface area contributed by atoms with E-state index in [4.69, 9.17) is 4.74 Å². The van der Waals surface area contributed by atoms with Crippen LogP contribution in [-0.4, -0.2) is 36.7 Å². The van der Waals surface area contributed by atoms with Crippen LogP contribution in [0.3, 0.4) is 0 Å². The molecule has 4 nitrogen and oxygen atoms in total. The first-order chi connectivity index (χ1) is 9.67. The number of likely N-dealkylation sites (N-methyl/N-ethyl adjacent to an activating group) is 1. The van der Waals surface area contributed by atoms with E-state index in [1.165, 1.54) is 0 Å². The predicted molar refractivity (Wildman–Crippen MR) is 79.4 cm³/mol. The molecule has 0 aliphatic carbocycles. The van der Waals surface area contributed by atoms with Gasteiger partial charge in [-0.25, -0.2) is 4.79 Å². The Bertz CT molecular complexity index is 422. The van der Waals surface area contributed by atoms with Gasteiger partial charge in [-0.2, -0.15) is 0 Å². The third kappa shape index (κ3) is 4.53. The minimum Gasteiger partial charge on any atom is -0.445 e. The molecule has 110 valence electrons. The van der Waals surface area contributed by atoms with E-state index in [9.17, 15) is 4.79 Å². The number of nitrogens with one attached hydrogen (secondary N) is 1. The fraction of sp³-hybridized carbons (Fsp3) is 0.562. The highest BCUT2D eigenvalue weighted by Gasteiger charge is 2.25. The molecule has 2 atom stereocenters. The van der Waals surface area contributed by atoms with Crippen molar-refractivity contribution in [3.05, 3.63) is 35.9 Å². The number of alkyl carbamates (subject to hydrolysis) is 1. The van der Waals surface area contributed by atoms with E-state index in [0.29, 0.717) is 12.5 Å². The number of rotatable bonds is 4. The van der Waals surface area contributed by atoms with Gasteiger partial charge in [0.15, 0.2) is 0 Å². The van der Waals surface area contributed by atoms with Crippen molar-refractivity contribution in [2.45, 2.75) is 32.9 Å². The molecule has 1 fully saturated rings. The minimum atomic E-state index is -0.316. The van der Waals surface area contributed by atoms with E-state index in [0.717, 1.165) is 31.6 Å². The minimum absolute atomic E-state index is 0.196. The first kappa shape index (κ1) is 14.9. The third-order valence-electron chi connectivity index (χ3n) is 3.72. The molecule has 0 aromatic heterocycles. The molecule has 0 radical (unpaired) electrons. The predicted octanol–water partition coefficient (Wildman–Crippen LogP) is 2.64. The Hall–Kier alpha value is -1.55. The van der Waals surface area contributed by atoms with Crippen LogP contribution in [0.1, 0.15) is 25.8 Å². The van der Waals surface area contributed by atoms with Gasteiger partial charge in [-0.3, -0.25) is 0 Å². The van der Waals surface area contributed by atoms with Gasteiger partial charge < -0.3 is 15.0 Å². The molecule has 1 aliphatic heterocycles. The standard InChI is InChI=1S/C16H24N2O2/c1-3-18-10-13(2)9-15(11-18)17-16(19)20-12-14-7-5-4-6-8-14/h4-8,13,15H,3,9-12H2,1-2H3,(H,17,19). The van der Waals surface area contributed by atoms with Crippen molar-refractivity contribution in [1.82, 2.24) is 10.2 Å². The third-order valence-corrected chi connectivity index (χ3v) is 3.72. The van der Waals surface area contributed by atoms with E-state index < -0.39 is 0 Å². The van der Waals surface area contributed by atoms with Crippen LogP contribution in [0.5, 0.6) is 0 Å². The molecule has 1 amide bonds. The molecule has 4 heteroatoms. The van der Waals surface area contributed by atoms with Crippen molar-refractivity contribution in [2.24, 2.45) is 5.92 Å². The number of nitrogens with zero attached hydrogens (tertiary/aromatic N) is 1. The zero-order valence-electron chi connectivity index (χ0n) is 12.3. The van der Waals surface area contributed by atoms with E-state index in [1.54, 1.807) is 0 Å². The first-order valence-corrected chi connectivity index (χ1v) is 7.37. The van der Waals surface area contributed by atoms with Gasteiger partial charge >= 0.3 is 6.09 Å². The molecule has 1 heterocycles. The van der Waals surface area contributed by atoms with Crippen LogP contribution in [0.15, 0.2) is 30.3 Å². The fourth-order valence-electron chi connectivity index (χ4n) is 2.76. The van der Waals surface area contributed by atoms with Gasteiger partial charge in [0, 0.05) is 19.1 Å². The summed E-state index contributed by atoms with van der Waals surface area (Å²) < 4.78 is 5.27. The molecule has 0 spiro atoms. The van der Waals surface area contributed by atoms with Crippen molar-refractivity contribution in [2.75, 3.05) is 19.6 Å². The van der Waals surface area contributed by atoms with Gasteiger partial charge in [-0.15, -0.1) is 0 Å². The van der Waals surface area contributed by atoms with Crippen molar-refractivity contribution in [3.63, 3.8) is 0 Å². The highest BCUT2D eigenvalue weighted by Crippen LogP contribution is 2.16. The number of amides is 1. The van der Waals surface area contributed by atoms with E-state index in [1.807, 2.05) is 30.3 Å². The summed E-state index contributed by atoms with van der Waals surface area (Å²) in [6.07, 6.45) is 0.709. The summed E-state index contributed by atoms with van der Waals surface area (Å²) in [5, 5.41) is 2.98. The van der Waals surface area contributed by atoms with Gasteiger partial charge in [0.05, 0.1) is 0 Å². The summed E-state index contributed by atoms with van der Waals surface area (Å²) in [5.41, 5.74) is 1.01. The van der Waals surface area contributed by atoms with Crippen LogP contribution in [-0.2, 0) is 11.3 Å². The molecule has 1 aromatic rings. The smallest absolute Gasteiger partial charge is 0.407 e. The lowest BCUT2D eigenvalue weighted by Crippen LogP contribution is -2.50. The average molecular weight is 276 g/mol. The second-order valence-corrected chi connectivity index (χ2v) is 5.60. The molecule has 2 rings (SSSR count). The molecule has 20 heavy (non-hydrogen) atoms. The quantitative estimate of drug-likeness (QED) is 0.919. The monoisotopic (exact) mass is 276 g/mol. The van der Waals surface area contributed by atoms with E-state index in [-0.39, 0.29) is 12.1 Å². The Morgan fingerprint density at radius 2 is 2.10 bits per heavy atom. The summed E-state index contributed by atoms with van der Waals surface area (Å²) in [6, 6.07) is 9.94. The summed E-state index contributed by atoms with van der Waals surface area (Å²) in [4.78, 5) is 14.2. The highest BCUT2D eigenvalue weighted by molar-refractivity contribution is 5.67. The summed E-state index contributed by atoms with van der Waals surface area (Å²) in [5.74, 6) is 0.614. The Kier molecular flexibility index (Phi) is 5.41. The van der Waals surface area contributed by atoms with E-state index >= 15 is 0 Å². The number of carbonyl (C=O) groups excluding carboxylic acids is 1. The van der Waals surface area contributed by atoms with E-state index in [2.05, 4.69) is 24.1 Å². The molecule has 1 aromatic carbocycles. The van der Waals surface area contributed by atoms with Crippen molar-refractivity contribution < 1.29 is 9.53 Å². The lowest BCUT2D eigenvalue weighted by atomic mass is 9.96. The van der Waals surface area contributed by atoms with Gasteiger partial charge in [0.1, 0.15) is 6.61 Å². The highest BCUT2D eigenvalue weighted by atomic mass is 16.5. The lowest BCUT2D eigenvalue weighted by Gasteiger charge is -2.35. The zero-order valence-corrected chi connectivity index (χ0v) is 12.3. The second-order valence-electron chi connectivity index (χ2n) is 5.60. The molecule has 1 saturated heterocycles. The molecule has 0 bridgehead atoms. The Morgan fingerprint density at radius 3 is 2.80 bits per heavy atom. The number of hydrogen-bond acceptors (Lipinski definition) is 3.